The molecule has 1 saturated heterocycles. The number of benzene rings is 1. The second-order valence-corrected chi connectivity index (χ2v) is 9.87. The van der Waals surface area contributed by atoms with Crippen LogP contribution in [0.1, 0.15) is 56.0 Å². The molecule has 0 saturated carbocycles. The van der Waals surface area contributed by atoms with Crippen LogP contribution in [0.4, 0.5) is 5.82 Å². The fraction of sp³-hybridized carbons (Fsp3) is 0.409. The topological polar surface area (TPSA) is 92.2 Å². The first kappa shape index (κ1) is 19.4. The van der Waals surface area contributed by atoms with Gasteiger partial charge in [-0.15, -0.1) is 0 Å². The SMILES string of the molecule is CC1=Nc2c(c(=O)[nH]n2[C@H]2CCOC(C)(C)C2)[C@@H](c2cc3ccccc3[nH]c2=O)S1. The third-order valence-electron chi connectivity index (χ3n) is 5.85. The van der Waals surface area contributed by atoms with E-state index in [9.17, 15) is 9.59 Å². The monoisotopic (exact) mass is 424 g/mol. The first-order valence-corrected chi connectivity index (χ1v) is 11.0. The maximum Gasteiger partial charge on any atom is 0.271 e. The summed E-state index contributed by atoms with van der Waals surface area (Å²) in [7, 11) is 0. The predicted octanol–water partition coefficient (Wildman–Crippen LogP) is 4.03. The number of rotatable bonds is 2. The fourth-order valence-corrected chi connectivity index (χ4v) is 5.58. The van der Waals surface area contributed by atoms with Crippen LogP contribution in [0.25, 0.3) is 10.9 Å². The van der Waals surface area contributed by atoms with E-state index < -0.39 is 5.25 Å². The number of aromatic amines is 2. The molecule has 0 unspecified atom stereocenters. The summed E-state index contributed by atoms with van der Waals surface area (Å²) >= 11 is 1.45. The molecule has 2 N–H and O–H groups in total. The van der Waals surface area contributed by atoms with E-state index in [0.717, 1.165) is 28.8 Å². The number of nitrogens with zero attached hydrogens (tertiary/aromatic N) is 2. The predicted molar refractivity (Wildman–Crippen MR) is 120 cm³/mol. The lowest BCUT2D eigenvalue weighted by atomic mass is 9.94. The van der Waals surface area contributed by atoms with E-state index in [1.54, 1.807) is 0 Å². The minimum Gasteiger partial charge on any atom is -0.375 e. The molecule has 2 aromatic heterocycles. The molecule has 7 nitrogen and oxygen atoms in total. The van der Waals surface area contributed by atoms with Gasteiger partial charge in [0.2, 0.25) is 0 Å². The molecule has 8 heteroatoms. The number of ether oxygens (including phenoxy) is 1. The van der Waals surface area contributed by atoms with Crippen LogP contribution >= 0.6 is 11.8 Å². The van der Waals surface area contributed by atoms with Gasteiger partial charge in [0.25, 0.3) is 11.1 Å². The van der Waals surface area contributed by atoms with Crippen LogP contribution in [0, 0.1) is 0 Å². The highest BCUT2D eigenvalue weighted by molar-refractivity contribution is 8.14. The normalized spacial score (nSPS) is 23.2. The molecule has 0 spiro atoms. The van der Waals surface area contributed by atoms with Crippen LogP contribution in [-0.2, 0) is 4.74 Å². The van der Waals surface area contributed by atoms with E-state index in [2.05, 4.69) is 23.9 Å². The van der Waals surface area contributed by atoms with Crippen LogP contribution in [0.2, 0.25) is 0 Å². The number of H-pyrrole nitrogens is 2. The average molecular weight is 425 g/mol. The first-order chi connectivity index (χ1) is 14.3. The van der Waals surface area contributed by atoms with Gasteiger partial charge in [0.1, 0.15) is 0 Å². The zero-order chi connectivity index (χ0) is 21.0. The smallest absolute Gasteiger partial charge is 0.271 e. The molecule has 30 heavy (non-hydrogen) atoms. The number of pyridine rings is 1. The van der Waals surface area contributed by atoms with E-state index in [4.69, 9.17) is 9.73 Å². The van der Waals surface area contributed by atoms with E-state index in [0.29, 0.717) is 23.6 Å². The molecule has 2 aliphatic heterocycles. The Labute approximate surface area is 177 Å². The van der Waals surface area contributed by atoms with Crippen molar-refractivity contribution < 1.29 is 4.74 Å². The molecule has 4 heterocycles. The molecule has 2 atom stereocenters. The van der Waals surface area contributed by atoms with Crippen molar-refractivity contribution in [1.82, 2.24) is 14.8 Å². The number of aromatic nitrogens is 3. The van der Waals surface area contributed by atoms with E-state index in [1.807, 2.05) is 41.9 Å². The Bertz CT molecular complexity index is 1280. The molecule has 0 amide bonds. The lowest BCUT2D eigenvalue weighted by Gasteiger charge is -2.36. The van der Waals surface area contributed by atoms with E-state index in [1.165, 1.54) is 11.8 Å². The molecule has 0 radical (unpaired) electrons. The minimum absolute atomic E-state index is 0.0976. The number of thioether (sulfide) groups is 1. The molecule has 0 bridgehead atoms. The zero-order valence-corrected chi connectivity index (χ0v) is 18.0. The Morgan fingerprint density at radius 1 is 1.23 bits per heavy atom. The van der Waals surface area contributed by atoms with Crippen molar-refractivity contribution in [3.8, 4) is 0 Å². The Hall–Kier alpha value is -2.58. The molecule has 3 aromatic rings. The molecular formula is C22H24N4O3S. The Morgan fingerprint density at radius 3 is 2.83 bits per heavy atom. The summed E-state index contributed by atoms with van der Waals surface area (Å²) in [4.78, 5) is 33.6. The van der Waals surface area contributed by atoms with Gasteiger partial charge in [0.05, 0.1) is 27.5 Å². The number of hydrogen-bond donors (Lipinski definition) is 2. The van der Waals surface area contributed by atoms with Gasteiger partial charge in [-0.05, 0) is 51.1 Å². The van der Waals surface area contributed by atoms with Gasteiger partial charge in [0.15, 0.2) is 5.82 Å². The summed E-state index contributed by atoms with van der Waals surface area (Å²) in [5.74, 6) is 0.636. The molecule has 5 rings (SSSR count). The van der Waals surface area contributed by atoms with Crippen molar-refractivity contribution in [3.05, 3.63) is 62.2 Å². The van der Waals surface area contributed by atoms with Crippen molar-refractivity contribution in [2.45, 2.75) is 50.5 Å². The summed E-state index contributed by atoms with van der Waals surface area (Å²) in [6, 6.07) is 9.66. The summed E-state index contributed by atoms with van der Waals surface area (Å²) in [6.07, 6.45) is 1.59. The zero-order valence-electron chi connectivity index (χ0n) is 17.2. The maximum atomic E-state index is 13.1. The van der Waals surface area contributed by atoms with Gasteiger partial charge in [-0.25, -0.2) is 4.99 Å². The molecule has 0 aliphatic carbocycles. The van der Waals surface area contributed by atoms with Crippen molar-refractivity contribution in [1.29, 1.82) is 0 Å². The lowest BCUT2D eigenvalue weighted by Crippen LogP contribution is -2.35. The Kier molecular flexibility index (Phi) is 4.52. The van der Waals surface area contributed by atoms with Crippen LogP contribution in [0.3, 0.4) is 0 Å². The summed E-state index contributed by atoms with van der Waals surface area (Å²) < 4.78 is 7.74. The van der Waals surface area contributed by atoms with Crippen LogP contribution in [-0.4, -0.2) is 32.0 Å². The number of hydrogen-bond acceptors (Lipinski definition) is 5. The van der Waals surface area contributed by atoms with Gasteiger partial charge < -0.3 is 9.72 Å². The van der Waals surface area contributed by atoms with Crippen molar-refractivity contribution >= 4 is 33.5 Å². The number of nitrogens with one attached hydrogen (secondary N) is 2. The first-order valence-electron chi connectivity index (χ1n) is 10.1. The Morgan fingerprint density at radius 2 is 2.03 bits per heavy atom. The van der Waals surface area contributed by atoms with Gasteiger partial charge in [-0.1, -0.05) is 30.0 Å². The second-order valence-electron chi connectivity index (χ2n) is 8.57. The van der Waals surface area contributed by atoms with Gasteiger partial charge in [0, 0.05) is 17.7 Å². The van der Waals surface area contributed by atoms with E-state index >= 15 is 0 Å². The van der Waals surface area contributed by atoms with Crippen LogP contribution in [0.5, 0.6) is 0 Å². The highest BCUT2D eigenvalue weighted by Crippen LogP contribution is 2.45. The number of aliphatic imine (C=N–C) groups is 1. The third-order valence-corrected chi connectivity index (χ3v) is 7.01. The second kappa shape index (κ2) is 6.99. The largest absolute Gasteiger partial charge is 0.375 e. The van der Waals surface area contributed by atoms with Gasteiger partial charge >= 0.3 is 0 Å². The molecule has 156 valence electrons. The summed E-state index contributed by atoms with van der Waals surface area (Å²) in [5, 5.41) is 4.39. The van der Waals surface area contributed by atoms with Crippen LogP contribution in [0.15, 0.2) is 44.9 Å². The van der Waals surface area contributed by atoms with Gasteiger partial charge in [-0.3, -0.25) is 19.4 Å². The average Bonchev–Trinajstić information content (AvgIpc) is 3.02. The number of fused-ring (bicyclic) bond motifs is 2. The maximum absolute atomic E-state index is 13.1. The molecular weight excluding hydrogens is 400 g/mol. The van der Waals surface area contributed by atoms with Crippen molar-refractivity contribution in [2.75, 3.05) is 6.61 Å². The molecule has 1 fully saturated rings. The standard InChI is InChI=1S/C22H24N4O3S/c1-12-23-19-17(21(28)25-26(19)14-8-9-29-22(2,3)11-14)18(30-12)15-10-13-6-4-5-7-16(13)24-20(15)27/h4-7,10,14,18H,8-9,11H2,1-3H3,(H,24,27)(H,25,28)/t14-,18+/m0/s1. The lowest BCUT2D eigenvalue weighted by molar-refractivity contribution is -0.0705. The number of para-hydroxylation sites is 1. The van der Waals surface area contributed by atoms with E-state index in [-0.39, 0.29) is 22.8 Å². The quantitative estimate of drug-likeness (QED) is 0.650. The van der Waals surface area contributed by atoms with Crippen LogP contribution < -0.4 is 11.1 Å². The highest BCUT2D eigenvalue weighted by Gasteiger charge is 2.36. The fourth-order valence-electron chi connectivity index (χ4n) is 4.47. The minimum atomic E-state index is -0.399. The van der Waals surface area contributed by atoms with Crippen molar-refractivity contribution in [2.24, 2.45) is 4.99 Å². The highest BCUT2D eigenvalue weighted by atomic mass is 32.2. The third kappa shape index (κ3) is 3.24. The summed E-state index contributed by atoms with van der Waals surface area (Å²) in [6.45, 7) is 6.69. The Balaban J connectivity index is 1.65. The molecule has 1 aromatic carbocycles. The summed E-state index contributed by atoms with van der Waals surface area (Å²) in [5.41, 5.74) is 1.30. The van der Waals surface area contributed by atoms with Gasteiger partial charge in [-0.2, -0.15) is 0 Å². The van der Waals surface area contributed by atoms with Crippen molar-refractivity contribution in [3.63, 3.8) is 0 Å². The molecule has 2 aliphatic rings.